The second kappa shape index (κ2) is 13.8. The van der Waals surface area contributed by atoms with Crippen LogP contribution in [0.2, 0.25) is 0 Å². The first-order chi connectivity index (χ1) is 19.1. The fourth-order valence-electron chi connectivity index (χ4n) is 5.23. The van der Waals surface area contributed by atoms with Gasteiger partial charge in [0.05, 0.1) is 6.04 Å². The van der Waals surface area contributed by atoms with Crippen LogP contribution in [0.5, 0.6) is 5.75 Å². The van der Waals surface area contributed by atoms with Gasteiger partial charge in [-0.25, -0.2) is 4.79 Å². The molecule has 0 unspecified atom stereocenters. The second-order valence-electron chi connectivity index (χ2n) is 12.3. The summed E-state index contributed by atoms with van der Waals surface area (Å²) >= 11 is 0. The fourth-order valence-corrected chi connectivity index (χ4v) is 5.23. The number of piperidine rings is 1. The van der Waals surface area contributed by atoms with Crippen LogP contribution in [0, 0.1) is 11.8 Å². The molecule has 1 heterocycles. The molecule has 0 aromatic heterocycles. The Kier molecular flexibility index (Phi) is 10.2. The van der Waals surface area contributed by atoms with Gasteiger partial charge < -0.3 is 19.7 Å². The number of Topliss-reactive ketones (excluding diaryl/α,β-unsaturated/α-hetero) is 1. The normalized spacial score (nSPS) is 17.0. The molecule has 1 aliphatic heterocycles. The summed E-state index contributed by atoms with van der Waals surface area (Å²) in [6.45, 7) is 7.23. The highest BCUT2D eigenvalue weighted by Gasteiger charge is 2.30. The fraction of sp³-hybridized carbons (Fsp3) is 0.545. The first-order valence-corrected chi connectivity index (χ1v) is 14.7. The maximum Gasteiger partial charge on any atom is 0.410 e. The van der Waals surface area contributed by atoms with Gasteiger partial charge in [-0.15, -0.1) is 0 Å². The van der Waals surface area contributed by atoms with E-state index in [1.165, 1.54) is 6.42 Å². The molecular formula is C33H44N2O5. The standard InChI is InChI=1S/C33H44N2O5/c1-33(2,3)40-32(38)35-18-16-26(17-19-35)22-31(37)34-29(30(36)21-24-10-7-11-24)20-25-12-14-28(15-13-25)39-23-27-8-5-4-6-9-27/h4-6,8-9,12-15,24,26,29H,7,10-11,16-23H2,1-3H3,(H,34,37)/t29-/m0/s1. The molecule has 1 saturated carbocycles. The summed E-state index contributed by atoms with van der Waals surface area (Å²) in [6, 6.07) is 17.3. The highest BCUT2D eigenvalue weighted by atomic mass is 16.6. The predicted octanol–water partition coefficient (Wildman–Crippen LogP) is 6.09. The zero-order chi connectivity index (χ0) is 28.5. The van der Waals surface area contributed by atoms with Crippen LogP contribution < -0.4 is 10.1 Å². The number of carbonyl (C=O) groups excluding carboxylic acids is 3. The molecule has 0 spiro atoms. The van der Waals surface area contributed by atoms with Gasteiger partial charge in [0.25, 0.3) is 0 Å². The molecule has 216 valence electrons. The summed E-state index contributed by atoms with van der Waals surface area (Å²) in [5, 5.41) is 3.07. The number of carbonyl (C=O) groups is 3. The molecule has 7 heteroatoms. The lowest BCUT2D eigenvalue weighted by molar-refractivity contribution is -0.129. The van der Waals surface area contributed by atoms with Crippen molar-refractivity contribution in [2.75, 3.05) is 13.1 Å². The molecule has 2 aliphatic rings. The van der Waals surface area contributed by atoms with Crippen LogP contribution in [-0.2, 0) is 27.4 Å². The zero-order valence-electron chi connectivity index (χ0n) is 24.2. The van der Waals surface area contributed by atoms with Gasteiger partial charge in [-0.2, -0.15) is 0 Å². The molecule has 1 atom stereocenters. The third-order valence-electron chi connectivity index (χ3n) is 7.79. The quantitative estimate of drug-likeness (QED) is 0.367. The van der Waals surface area contributed by atoms with Gasteiger partial charge >= 0.3 is 6.09 Å². The Balaban J connectivity index is 1.29. The van der Waals surface area contributed by atoms with Crippen molar-refractivity contribution in [2.24, 2.45) is 11.8 Å². The average Bonchev–Trinajstić information content (AvgIpc) is 2.90. The first-order valence-electron chi connectivity index (χ1n) is 14.7. The van der Waals surface area contributed by atoms with E-state index in [-0.39, 0.29) is 23.7 Å². The minimum Gasteiger partial charge on any atom is -0.489 e. The smallest absolute Gasteiger partial charge is 0.410 e. The molecule has 0 radical (unpaired) electrons. The van der Waals surface area contributed by atoms with Crippen molar-refractivity contribution in [3.63, 3.8) is 0 Å². The summed E-state index contributed by atoms with van der Waals surface area (Å²) < 4.78 is 11.4. The van der Waals surface area contributed by atoms with Crippen LogP contribution in [0.4, 0.5) is 4.79 Å². The van der Waals surface area contributed by atoms with Crippen molar-refractivity contribution in [3.8, 4) is 5.75 Å². The number of rotatable bonds is 11. The number of amides is 2. The Hall–Kier alpha value is -3.35. The van der Waals surface area contributed by atoms with Gasteiger partial charge in [0, 0.05) is 25.9 Å². The van der Waals surface area contributed by atoms with Gasteiger partial charge in [-0.1, -0.05) is 61.7 Å². The maximum absolute atomic E-state index is 13.2. The number of benzene rings is 2. The van der Waals surface area contributed by atoms with Crippen molar-refractivity contribution in [2.45, 2.75) is 90.4 Å². The molecule has 1 N–H and O–H groups in total. The van der Waals surface area contributed by atoms with Crippen molar-refractivity contribution >= 4 is 17.8 Å². The lowest BCUT2D eigenvalue weighted by Crippen LogP contribution is -2.45. The van der Waals surface area contributed by atoms with E-state index in [1.807, 2.05) is 75.4 Å². The SMILES string of the molecule is CC(C)(C)OC(=O)N1CCC(CC(=O)N[C@@H](Cc2ccc(OCc3ccccc3)cc2)C(=O)CC2CCC2)CC1. The molecule has 4 rings (SSSR count). The van der Waals surface area contributed by atoms with Gasteiger partial charge in [0.2, 0.25) is 5.91 Å². The van der Waals surface area contributed by atoms with E-state index in [0.717, 1.165) is 42.6 Å². The second-order valence-corrected chi connectivity index (χ2v) is 12.3. The largest absolute Gasteiger partial charge is 0.489 e. The van der Waals surface area contributed by atoms with Gasteiger partial charge in [0.1, 0.15) is 18.0 Å². The highest BCUT2D eigenvalue weighted by molar-refractivity contribution is 5.89. The Bertz CT molecular complexity index is 1110. The van der Waals surface area contributed by atoms with E-state index in [0.29, 0.717) is 44.9 Å². The number of hydrogen-bond acceptors (Lipinski definition) is 5. The molecule has 2 aromatic rings. The van der Waals surface area contributed by atoms with Crippen LogP contribution >= 0.6 is 0 Å². The molecular weight excluding hydrogens is 504 g/mol. The van der Waals surface area contributed by atoms with Gasteiger partial charge in [-0.3, -0.25) is 9.59 Å². The van der Waals surface area contributed by atoms with Gasteiger partial charge in [-0.05, 0) is 75.1 Å². The van der Waals surface area contributed by atoms with E-state index < -0.39 is 11.6 Å². The number of ether oxygens (including phenoxy) is 2. The Morgan fingerprint density at radius 3 is 2.12 bits per heavy atom. The molecule has 2 aromatic carbocycles. The number of hydrogen-bond donors (Lipinski definition) is 1. The molecule has 1 aliphatic carbocycles. The van der Waals surface area contributed by atoms with Crippen molar-refractivity contribution in [3.05, 3.63) is 65.7 Å². The van der Waals surface area contributed by atoms with Crippen LogP contribution in [0.1, 0.15) is 76.8 Å². The lowest BCUT2D eigenvalue weighted by atomic mass is 9.80. The van der Waals surface area contributed by atoms with Crippen molar-refractivity contribution in [1.82, 2.24) is 10.2 Å². The van der Waals surface area contributed by atoms with Gasteiger partial charge in [0.15, 0.2) is 5.78 Å². The Morgan fingerprint density at radius 1 is 0.875 bits per heavy atom. The van der Waals surface area contributed by atoms with E-state index in [2.05, 4.69) is 5.32 Å². The van der Waals surface area contributed by atoms with Crippen LogP contribution in [-0.4, -0.2) is 47.4 Å². The summed E-state index contributed by atoms with van der Waals surface area (Å²) in [6.07, 6.45) is 5.92. The Labute approximate surface area is 238 Å². The summed E-state index contributed by atoms with van der Waals surface area (Å²) in [4.78, 5) is 40.4. The minimum absolute atomic E-state index is 0.0921. The van der Waals surface area contributed by atoms with E-state index in [1.54, 1.807) is 4.90 Å². The third-order valence-corrected chi connectivity index (χ3v) is 7.79. The van der Waals surface area contributed by atoms with E-state index >= 15 is 0 Å². The van der Waals surface area contributed by atoms with E-state index in [9.17, 15) is 14.4 Å². The first kappa shape index (κ1) is 29.6. The molecule has 2 fully saturated rings. The average molecular weight is 549 g/mol. The number of ketones is 1. The van der Waals surface area contributed by atoms with Crippen molar-refractivity contribution < 1.29 is 23.9 Å². The zero-order valence-corrected chi connectivity index (χ0v) is 24.2. The summed E-state index contributed by atoms with van der Waals surface area (Å²) in [5.74, 6) is 1.42. The molecule has 0 bridgehead atoms. The number of nitrogens with zero attached hydrogens (tertiary/aromatic N) is 1. The van der Waals surface area contributed by atoms with Crippen LogP contribution in [0.3, 0.4) is 0 Å². The minimum atomic E-state index is -0.536. The molecule has 2 amide bonds. The summed E-state index contributed by atoms with van der Waals surface area (Å²) in [7, 11) is 0. The van der Waals surface area contributed by atoms with Crippen LogP contribution in [0.15, 0.2) is 54.6 Å². The monoisotopic (exact) mass is 548 g/mol. The number of likely N-dealkylation sites (tertiary alicyclic amines) is 1. The third kappa shape index (κ3) is 9.39. The summed E-state index contributed by atoms with van der Waals surface area (Å²) in [5.41, 5.74) is 1.57. The number of nitrogens with one attached hydrogen (secondary N) is 1. The van der Waals surface area contributed by atoms with Crippen LogP contribution in [0.25, 0.3) is 0 Å². The Morgan fingerprint density at radius 2 is 1.52 bits per heavy atom. The molecule has 7 nitrogen and oxygen atoms in total. The topological polar surface area (TPSA) is 84.9 Å². The molecule has 40 heavy (non-hydrogen) atoms. The van der Waals surface area contributed by atoms with Crippen molar-refractivity contribution in [1.29, 1.82) is 0 Å². The predicted molar refractivity (Wildman–Crippen MR) is 155 cm³/mol. The lowest BCUT2D eigenvalue weighted by Gasteiger charge is -2.33. The molecule has 1 saturated heterocycles. The van der Waals surface area contributed by atoms with E-state index in [4.69, 9.17) is 9.47 Å². The highest BCUT2D eigenvalue weighted by Crippen LogP contribution is 2.30. The maximum atomic E-state index is 13.2.